The first-order valence-corrected chi connectivity index (χ1v) is 10.3. The molecule has 1 aliphatic heterocycles. The van der Waals surface area contributed by atoms with E-state index in [0.29, 0.717) is 33.6 Å². The Morgan fingerprint density at radius 3 is 2.79 bits per heavy atom. The van der Waals surface area contributed by atoms with Gasteiger partial charge in [-0.05, 0) is 54.2 Å². The molecule has 10 heteroatoms. The van der Waals surface area contributed by atoms with Gasteiger partial charge in [0.05, 0.1) is 30.9 Å². The Hall–Kier alpha value is -4.18. The molecule has 1 N–H and O–H groups in total. The zero-order valence-corrected chi connectivity index (χ0v) is 18.3. The molecular formula is C23H19N3O6S. The second kappa shape index (κ2) is 9.53. The van der Waals surface area contributed by atoms with Crippen molar-refractivity contribution < 1.29 is 23.6 Å². The zero-order chi connectivity index (χ0) is 23.4. The molecule has 1 aliphatic rings. The highest BCUT2D eigenvalue weighted by atomic mass is 32.1. The van der Waals surface area contributed by atoms with Crippen LogP contribution in [0, 0.1) is 10.1 Å². The van der Waals surface area contributed by atoms with E-state index in [4.69, 9.17) is 26.1 Å². The summed E-state index contributed by atoms with van der Waals surface area (Å²) in [5.74, 6) is 1.31. The Labute approximate surface area is 194 Å². The van der Waals surface area contributed by atoms with Crippen LogP contribution in [-0.2, 0) is 17.9 Å². The van der Waals surface area contributed by atoms with Crippen molar-refractivity contribution in [2.45, 2.75) is 13.2 Å². The highest BCUT2D eigenvalue weighted by Crippen LogP contribution is 2.26. The average Bonchev–Trinajstić information content (AvgIpc) is 3.42. The summed E-state index contributed by atoms with van der Waals surface area (Å²) in [6.45, 7) is 0.353. The van der Waals surface area contributed by atoms with Gasteiger partial charge in [0.15, 0.2) is 5.11 Å². The summed E-state index contributed by atoms with van der Waals surface area (Å²) in [6.07, 6.45) is 3.23. The van der Waals surface area contributed by atoms with Gasteiger partial charge in [0, 0.05) is 11.6 Å². The summed E-state index contributed by atoms with van der Waals surface area (Å²) in [7, 11) is 1.54. The van der Waals surface area contributed by atoms with E-state index in [1.54, 1.807) is 42.5 Å². The smallest absolute Gasteiger partial charge is 0.276 e. The molecule has 0 radical (unpaired) electrons. The number of hydrogen-bond acceptors (Lipinski definition) is 7. The van der Waals surface area contributed by atoms with Crippen LogP contribution in [0.1, 0.15) is 16.9 Å². The molecule has 3 aromatic rings. The topological polar surface area (TPSA) is 107 Å². The predicted octanol–water partition coefficient (Wildman–Crippen LogP) is 4.03. The minimum Gasteiger partial charge on any atom is -0.496 e. The summed E-state index contributed by atoms with van der Waals surface area (Å²) < 4.78 is 16.4. The van der Waals surface area contributed by atoms with E-state index in [-0.39, 0.29) is 24.7 Å². The molecule has 1 saturated heterocycles. The third kappa shape index (κ3) is 5.01. The number of nitro groups is 1. The second-order valence-electron chi connectivity index (χ2n) is 7.07. The third-order valence-electron chi connectivity index (χ3n) is 4.89. The summed E-state index contributed by atoms with van der Waals surface area (Å²) >= 11 is 5.30. The fraction of sp³-hybridized carbons (Fsp3) is 0.130. The Morgan fingerprint density at radius 1 is 1.21 bits per heavy atom. The van der Waals surface area contributed by atoms with Gasteiger partial charge in [-0.1, -0.05) is 12.1 Å². The predicted molar refractivity (Wildman–Crippen MR) is 123 cm³/mol. The Bertz CT molecular complexity index is 1240. The number of benzene rings is 2. The number of non-ortho nitro benzene ring substituents is 1. The summed E-state index contributed by atoms with van der Waals surface area (Å²) in [5.41, 5.74) is 1.71. The minimum absolute atomic E-state index is 0.0566. The fourth-order valence-corrected chi connectivity index (χ4v) is 3.55. The van der Waals surface area contributed by atoms with Gasteiger partial charge in [-0.25, -0.2) is 0 Å². The lowest BCUT2D eigenvalue weighted by Crippen LogP contribution is -2.29. The highest BCUT2D eigenvalue weighted by molar-refractivity contribution is 7.80. The van der Waals surface area contributed by atoms with Crippen LogP contribution in [0.25, 0.3) is 6.08 Å². The number of thiocarbonyl (C=S) groups is 1. The van der Waals surface area contributed by atoms with E-state index in [0.717, 1.165) is 5.56 Å². The molecule has 1 aromatic heterocycles. The van der Waals surface area contributed by atoms with Crippen molar-refractivity contribution in [3.05, 3.63) is 93.6 Å². The Kier molecular flexibility index (Phi) is 6.36. The van der Waals surface area contributed by atoms with Crippen molar-refractivity contribution in [3.63, 3.8) is 0 Å². The van der Waals surface area contributed by atoms with Crippen LogP contribution >= 0.6 is 12.2 Å². The number of nitrogens with zero attached hydrogens (tertiary/aromatic N) is 2. The molecule has 9 nitrogen and oxygen atoms in total. The fourth-order valence-electron chi connectivity index (χ4n) is 3.29. The molecular weight excluding hydrogens is 446 g/mol. The number of nitro benzene ring substituents is 1. The molecule has 0 saturated carbocycles. The van der Waals surface area contributed by atoms with Gasteiger partial charge in [0.2, 0.25) is 0 Å². The van der Waals surface area contributed by atoms with Crippen molar-refractivity contribution in [2.75, 3.05) is 7.11 Å². The number of hydrogen-bond donors (Lipinski definition) is 1. The van der Waals surface area contributed by atoms with Gasteiger partial charge in [0.25, 0.3) is 11.6 Å². The Balaban J connectivity index is 1.52. The summed E-state index contributed by atoms with van der Waals surface area (Å²) in [5, 5.41) is 14.2. The van der Waals surface area contributed by atoms with Gasteiger partial charge in [-0.3, -0.25) is 19.8 Å². The van der Waals surface area contributed by atoms with Crippen LogP contribution in [0.3, 0.4) is 0 Å². The first-order chi connectivity index (χ1) is 15.9. The van der Waals surface area contributed by atoms with Crippen LogP contribution in [0.4, 0.5) is 5.69 Å². The van der Waals surface area contributed by atoms with Crippen LogP contribution < -0.4 is 14.8 Å². The summed E-state index contributed by atoms with van der Waals surface area (Å²) in [4.78, 5) is 24.7. The van der Waals surface area contributed by atoms with Crippen LogP contribution in [0.5, 0.6) is 11.5 Å². The lowest BCUT2D eigenvalue weighted by molar-refractivity contribution is -0.384. The monoisotopic (exact) mass is 465 g/mol. The molecule has 1 amide bonds. The van der Waals surface area contributed by atoms with Crippen molar-refractivity contribution in [2.24, 2.45) is 0 Å². The maximum absolute atomic E-state index is 12.8. The van der Waals surface area contributed by atoms with Gasteiger partial charge in [-0.15, -0.1) is 0 Å². The third-order valence-corrected chi connectivity index (χ3v) is 5.22. The number of carbonyl (C=O) groups is 1. The van der Waals surface area contributed by atoms with Crippen LogP contribution in [0.2, 0.25) is 0 Å². The van der Waals surface area contributed by atoms with Crippen molar-refractivity contribution in [1.29, 1.82) is 0 Å². The molecule has 0 unspecified atom stereocenters. The number of methoxy groups -OCH3 is 1. The van der Waals surface area contributed by atoms with Gasteiger partial charge < -0.3 is 19.2 Å². The molecule has 0 aliphatic carbocycles. The SMILES string of the molecule is COc1ccc(/C=C2/NC(=S)N(Cc3ccco3)C2=O)cc1COc1cccc([N+](=O)[O-])c1. The average molecular weight is 465 g/mol. The van der Waals surface area contributed by atoms with Crippen LogP contribution in [-0.4, -0.2) is 28.0 Å². The van der Waals surface area contributed by atoms with E-state index in [2.05, 4.69) is 5.32 Å². The van der Waals surface area contributed by atoms with Gasteiger partial charge >= 0.3 is 0 Å². The number of carbonyl (C=O) groups excluding carboxylic acids is 1. The van der Waals surface area contributed by atoms with Gasteiger partial charge in [-0.2, -0.15) is 0 Å². The maximum Gasteiger partial charge on any atom is 0.276 e. The quantitative estimate of drug-likeness (QED) is 0.230. The minimum atomic E-state index is -0.481. The number of rotatable bonds is 8. The molecule has 0 spiro atoms. The largest absolute Gasteiger partial charge is 0.496 e. The standard InChI is InChI=1S/C23H19N3O6S/c1-30-21-8-7-15(10-16(21)14-32-18-5-2-4-17(12-18)26(28)29)11-20-22(27)25(23(33)24-20)13-19-6-3-9-31-19/h2-12H,13-14H2,1H3,(H,24,33)/b20-11+. The number of ether oxygens (including phenoxy) is 2. The first kappa shape index (κ1) is 22.0. The molecule has 0 bridgehead atoms. The lowest BCUT2D eigenvalue weighted by Gasteiger charge is -2.12. The first-order valence-electron chi connectivity index (χ1n) is 9.85. The number of amides is 1. The Morgan fingerprint density at radius 2 is 2.06 bits per heavy atom. The van der Waals surface area contributed by atoms with E-state index in [9.17, 15) is 14.9 Å². The molecule has 1 fully saturated rings. The lowest BCUT2D eigenvalue weighted by atomic mass is 10.1. The molecule has 0 atom stereocenters. The zero-order valence-electron chi connectivity index (χ0n) is 17.5. The number of nitrogens with one attached hydrogen (secondary N) is 1. The van der Waals surface area contributed by atoms with E-state index in [1.807, 2.05) is 6.07 Å². The molecule has 2 heterocycles. The van der Waals surface area contributed by atoms with E-state index < -0.39 is 4.92 Å². The van der Waals surface area contributed by atoms with E-state index in [1.165, 1.54) is 30.4 Å². The highest BCUT2D eigenvalue weighted by Gasteiger charge is 2.31. The van der Waals surface area contributed by atoms with Crippen molar-refractivity contribution in [3.8, 4) is 11.5 Å². The van der Waals surface area contributed by atoms with E-state index >= 15 is 0 Å². The summed E-state index contributed by atoms with van der Waals surface area (Å²) in [6, 6.07) is 14.8. The molecule has 33 heavy (non-hydrogen) atoms. The molecule has 2 aromatic carbocycles. The normalized spacial score (nSPS) is 14.5. The maximum atomic E-state index is 12.8. The molecule has 4 rings (SSSR count). The van der Waals surface area contributed by atoms with Crippen molar-refractivity contribution >= 4 is 35.0 Å². The van der Waals surface area contributed by atoms with Crippen molar-refractivity contribution in [1.82, 2.24) is 10.2 Å². The van der Waals surface area contributed by atoms with Gasteiger partial charge in [0.1, 0.15) is 29.6 Å². The molecule has 168 valence electrons. The second-order valence-corrected chi connectivity index (χ2v) is 7.46. The van der Waals surface area contributed by atoms with Crippen LogP contribution in [0.15, 0.2) is 71.0 Å². The number of furan rings is 1.